The molecule has 1 aliphatic heterocycles. The summed E-state index contributed by atoms with van der Waals surface area (Å²) in [6.45, 7) is 12.8. The minimum atomic E-state index is -0.418. The minimum Gasteiger partial charge on any atom is -0.485 e. The average molecular weight is 335 g/mol. The zero-order chi connectivity index (χ0) is 17.6. The molecule has 0 saturated carbocycles. The molecule has 4 nitrogen and oxygen atoms in total. The Kier molecular flexibility index (Phi) is 6.93. The molecule has 2 unspecified atom stereocenters. The van der Waals surface area contributed by atoms with Crippen LogP contribution in [0.4, 0.5) is 5.69 Å². The van der Waals surface area contributed by atoms with Crippen molar-refractivity contribution < 1.29 is 14.2 Å². The Labute approximate surface area is 146 Å². The van der Waals surface area contributed by atoms with Crippen molar-refractivity contribution in [2.45, 2.75) is 71.7 Å². The monoisotopic (exact) mass is 335 g/mol. The fourth-order valence-electron chi connectivity index (χ4n) is 3.25. The van der Waals surface area contributed by atoms with E-state index in [0.29, 0.717) is 6.61 Å². The number of benzene rings is 1. The lowest BCUT2D eigenvalue weighted by molar-refractivity contribution is -0.161. The summed E-state index contributed by atoms with van der Waals surface area (Å²) < 4.78 is 18.6. The third-order valence-electron chi connectivity index (χ3n) is 4.42. The van der Waals surface area contributed by atoms with Crippen LogP contribution in [0.15, 0.2) is 18.2 Å². The quantitative estimate of drug-likeness (QED) is 0.649. The SMILES string of the molecule is CCCCCOC1C(OCC)c2cc(NCC)ccc2OC1(C)C. The first kappa shape index (κ1) is 19.1. The molecular weight excluding hydrogens is 302 g/mol. The third-order valence-corrected chi connectivity index (χ3v) is 4.42. The molecule has 0 bridgehead atoms. The molecular formula is C20H33NO3. The zero-order valence-corrected chi connectivity index (χ0v) is 15.9. The van der Waals surface area contributed by atoms with Gasteiger partial charge in [-0.2, -0.15) is 0 Å². The van der Waals surface area contributed by atoms with E-state index < -0.39 is 5.60 Å². The van der Waals surface area contributed by atoms with Gasteiger partial charge in [0, 0.05) is 31.0 Å². The Bertz CT molecular complexity index is 516. The highest BCUT2D eigenvalue weighted by atomic mass is 16.6. The first-order chi connectivity index (χ1) is 11.5. The highest BCUT2D eigenvalue weighted by Crippen LogP contribution is 2.44. The Hall–Kier alpha value is -1.26. The third kappa shape index (κ3) is 4.42. The van der Waals surface area contributed by atoms with E-state index in [1.54, 1.807) is 0 Å². The standard InChI is InChI=1S/C20H33NO3/c1-6-9-10-13-23-19-18(22-8-3)16-14-15(21-7-2)11-12-17(16)24-20(19,4)5/h11-12,14,18-19,21H,6-10,13H2,1-5H3. The first-order valence-corrected chi connectivity index (χ1v) is 9.33. The smallest absolute Gasteiger partial charge is 0.132 e. The van der Waals surface area contributed by atoms with Gasteiger partial charge in [-0.15, -0.1) is 0 Å². The predicted octanol–water partition coefficient (Wildman–Crippen LogP) is 4.94. The van der Waals surface area contributed by atoms with Gasteiger partial charge >= 0.3 is 0 Å². The first-order valence-electron chi connectivity index (χ1n) is 9.33. The van der Waals surface area contributed by atoms with Gasteiger partial charge in [0.25, 0.3) is 0 Å². The van der Waals surface area contributed by atoms with Crippen LogP contribution in [0.25, 0.3) is 0 Å². The van der Waals surface area contributed by atoms with Crippen molar-refractivity contribution in [1.82, 2.24) is 0 Å². The second-order valence-corrected chi connectivity index (χ2v) is 6.86. The molecule has 0 aliphatic carbocycles. The van der Waals surface area contributed by atoms with E-state index in [4.69, 9.17) is 14.2 Å². The Balaban J connectivity index is 2.27. The molecule has 0 amide bonds. The molecule has 0 spiro atoms. The second-order valence-electron chi connectivity index (χ2n) is 6.86. The zero-order valence-electron chi connectivity index (χ0n) is 15.9. The number of nitrogens with one attached hydrogen (secondary N) is 1. The number of hydrogen-bond acceptors (Lipinski definition) is 4. The van der Waals surface area contributed by atoms with Crippen molar-refractivity contribution in [2.24, 2.45) is 0 Å². The number of fused-ring (bicyclic) bond motifs is 1. The number of ether oxygens (including phenoxy) is 3. The van der Waals surface area contributed by atoms with E-state index in [-0.39, 0.29) is 12.2 Å². The van der Waals surface area contributed by atoms with Crippen LogP contribution < -0.4 is 10.1 Å². The fraction of sp³-hybridized carbons (Fsp3) is 0.700. The summed E-state index contributed by atoms with van der Waals surface area (Å²) in [4.78, 5) is 0. The van der Waals surface area contributed by atoms with Crippen LogP contribution in [0.1, 0.15) is 65.5 Å². The summed E-state index contributed by atoms with van der Waals surface area (Å²) in [5, 5.41) is 3.36. The number of unbranched alkanes of at least 4 members (excludes halogenated alkanes) is 2. The molecule has 4 heteroatoms. The largest absolute Gasteiger partial charge is 0.485 e. The summed E-state index contributed by atoms with van der Waals surface area (Å²) in [5.41, 5.74) is 1.75. The van der Waals surface area contributed by atoms with E-state index in [1.807, 2.05) is 13.0 Å². The molecule has 0 radical (unpaired) electrons. The molecule has 1 aromatic rings. The van der Waals surface area contributed by atoms with E-state index >= 15 is 0 Å². The second kappa shape index (κ2) is 8.72. The van der Waals surface area contributed by atoms with Gasteiger partial charge < -0.3 is 19.5 Å². The van der Waals surface area contributed by atoms with Gasteiger partial charge in [-0.25, -0.2) is 0 Å². The minimum absolute atomic E-state index is 0.103. The lowest BCUT2D eigenvalue weighted by Gasteiger charge is -2.44. The van der Waals surface area contributed by atoms with Crippen LogP contribution >= 0.6 is 0 Å². The molecule has 1 N–H and O–H groups in total. The van der Waals surface area contributed by atoms with Crippen molar-refractivity contribution >= 4 is 5.69 Å². The Morgan fingerprint density at radius 2 is 1.92 bits per heavy atom. The Morgan fingerprint density at radius 1 is 1.12 bits per heavy atom. The molecule has 2 atom stereocenters. The van der Waals surface area contributed by atoms with Gasteiger partial charge in [0.2, 0.25) is 0 Å². The van der Waals surface area contributed by atoms with Gasteiger partial charge in [0.15, 0.2) is 0 Å². The van der Waals surface area contributed by atoms with Crippen LogP contribution in [-0.4, -0.2) is 31.5 Å². The number of hydrogen-bond donors (Lipinski definition) is 1. The van der Waals surface area contributed by atoms with Gasteiger partial charge in [-0.3, -0.25) is 0 Å². The van der Waals surface area contributed by atoms with Crippen LogP contribution in [0.5, 0.6) is 5.75 Å². The van der Waals surface area contributed by atoms with Gasteiger partial charge in [0.05, 0.1) is 0 Å². The van der Waals surface area contributed by atoms with Crippen LogP contribution in [0.3, 0.4) is 0 Å². The van der Waals surface area contributed by atoms with Crippen molar-refractivity contribution in [3.63, 3.8) is 0 Å². The number of anilines is 1. The molecule has 0 saturated heterocycles. The number of rotatable bonds is 9. The molecule has 1 aliphatic rings. The summed E-state index contributed by atoms with van der Waals surface area (Å²) >= 11 is 0. The molecule has 136 valence electrons. The normalized spacial score (nSPS) is 21.9. The fourth-order valence-corrected chi connectivity index (χ4v) is 3.25. The van der Waals surface area contributed by atoms with Gasteiger partial charge in [0.1, 0.15) is 23.6 Å². The van der Waals surface area contributed by atoms with Gasteiger partial charge in [-0.05, 0) is 52.3 Å². The molecule has 1 aromatic carbocycles. The van der Waals surface area contributed by atoms with Crippen LogP contribution in [0, 0.1) is 0 Å². The lowest BCUT2D eigenvalue weighted by atomic mass is 9.87. The van der Waals surface area contributed by atoms with E-state index in [2.05, 4.69) is 45.1 Å². The van der Waals surface area contributed by atoms with Crippen LogP contribution in [0.2, 0.25) is 0 Å². The summed E-state index contributed by atoms with van der Waals surface area (Å²) in [6, 6.07) is 6.23. The van der Waals surface area contributed by atoms with E-state index in [1.165, 1.54) is 12.8 Å². The molecule has 2 rings (SSSR count). The average Bonchev–Trinajstić information content (AvgIpc) is 2.54. The highest BCUT2D eigenvalue weighted by molar-refractivity contribution is 5.53. The summed E-state index contributed by atoms with van der Waals surface area (Å²) in [6.07, 6.45) is 3.24. The Morgan fingerprint density at radius 3 is 2.58 bits per heavy atom. The van der Waals surface area contributed by atoms with Crippen LogP contribution in [-0.2, 0) is 9.47 Å². The van der Waals surface area contributed by atoms with Gasteiger partial charge in [-0.1, -0.05) is 19.8 Å². The maximum absolute atomic E-state index is 6.27. The summed E-state index contributed by atoms with van der Waals surface area (Å²) in [7, 11) is 0. The highest BCUT2D eigenvalue weighted by Gasteiger charge is 2.45. The summed E-state index contributed by atoms with van der Waals surface area (Å²) in [5.74, 6) is 0.897. The van der Waals surface area contributed by atoms with Crippen molar-refractivity contribution in [3.8, 4) is 5.75 Å². The molecule has 1 heterocycles. The lowest BCUT2D eigenvalue weighted by Crippen LogP contribution is -2.51. The predicted molar refractivity (Wildman–Crippen MR) is 98.9 cm³/mol. The van der Waals surface area contributed by atoms with Crippen molar-refractivity contribution in [1.29, 1.82) is 0 Å². The van der Waals surface area contributed by atoms with E-state index in [9.17, 15) is 0 Å². The molecule has 0 fully saturated rings. The maximum Gasteiger partial charge on any atom is 0.132 e. The topological polar surface area (TPSA) is 39.7 Å². The van der Waals surface area contributed by atoms with E-state index in [0.717, 1.165) is 36.6 Å². The molecule has 24 heavy (non-hydrogen) atoms. The maximum atomic E-state index is 6.27. The van der Waals surface area contributed by atoms with Crippen molar-refractivity contribution in [2.75, 3.05) is 25.1 Å². The molecule has 0 aromatic heterocycles. The van der Waals surface area contributed by atoms with Crippen molar-refractivity contribution in [3.05, 3.63) is 23.8 Å².